The van der Waals surface area contributed by atoms with Crippen molar-refractivity contribution in [2.75, 3.05) is 20.8 Å². The lowest BCUT2D eigenvalue weighted by Gasteiger charge is -2.62. The molecule has 0 spiro atoms. The fourth-order valence-corrected chi connectivity index (χ4v) is 6.89. The van der Waals surface area contributed by atoms with Gasteiger partial charge >= 0.3 is 11.9 Å². The molecule has 7 nitrogen and oxygen atoms in total. The van der Waals surface area contributed by atoms with Gasteiger partial charge in [-0.25, -0.2) is 0 Å². The summed E-state index contributed by atoms with van der Waals surface area (Å²) in [6.07, 6.45) is 4.73. The third-order valence-electron chi connectivity index (χ3n) is 8.43. The van der Waals surface area contributed by atoms with Crippen LogP contribution in [0, 0.1) is 34.0 Å². The lowest BCUT2D eigenvalue weighted by atomic mass is 9.40. The zero-order valence-electron chi connectivity index (χ0n) is 18.9. The summed E-state index contributed by atoms with van der Waals surface area (Å²) in [5, 5.41) is 0. The molecule has 0 amide bonds. The monoisotopic (exact) mass is 432 g/mol. The Balaban J connectivity index is 1.83. The Hall–Kier alpha value is -2.15. The topological polar surface area (TPSA) is 92.0 Å². The highest BCUT2D eigenvalue weighted by Gasteiger charge is 2.69. The summed E-state index contributed by atoms with van der Waals surface area (Å²) >= 11 is 0. The number of hydrogen-bond acceptors (Lipinski definition) is 7. The molecular weight excluding hydrogens is 400 g/mol. The third kappa shape index (κ3) is 3.15. The number of cyclic esters (lactones) is 1. The van der Waals surface area contributed by atoms with Crippen LogP contribution in [0.1, 0.15) is 58.1 Å². The second-order valence-corrected chi connectivity index (χ2v) is 10.4. The predicted molar refractivity (Wildman–Crippen MR) is 110 cm³/mol. The summed E-state index contributed by atoms with van der Waals surface area (Å²) in [4.78, 5) is 40.1. The van der Waals surface area contributed by atoms with Crippen LogP contribution in [0.4, 0.5) is 0 Å². The number of fused-ring (bicyclic) bond motifs is 3. The molecule has 0 aromatic carbocycles. The van der Waals surface area contributed by atoms with Gasteiger partial charge in [0.1, 0.15) is 11.9 Å². The first-order chi connectivity index (χ1) is 14.6. The average Bonchev–Trinajstić information content (AvgIpc) is 3.24. The molecule has 3 fully saturated rings. The summed E-state index contributed by atoms with van der Waals surface area (Å²) in [6.45, 7) is 6.15. The van der Waals surface area contributed by atoms with E-state index in [1.54, 1.807) is 25.7 Å². The Labute approximate surface area is 182 Å². The number of hydrogen-bond donors (Lipinski definition) is 0. The molecule has 3 aliphatic rings. The number of rotatable bonds is 4. The Morgan fingerprint density at radius 2 is 1.90 bits per heavy atom. The van der Waals surface area contributed by atoms with E-state index in [9.17, 15) is 14.4 Å². The summed E-state index contributed by atoms with van der Waals surface area (Å²) in [5.41, 5.74) is -1.29. The molecule has 2 saturated carbocycles. The van der Waals surface area contributed by atoms with Gasteiger partial charge in [0.2, 0.25) is 0 Å². The molecule has 4 rings (SSSR count). The summed E-state index contributed by atoms with van der Waals surface area (Å²) in [5.74, 6) is -1.81. The number of ketones is 1. The molecule has 2 aliphatic carbocycles. The van der Waals surface area contributed by atoms with E-state index in [1.807, 2.05) is 20.8 Å². The van der Waals surface area contributed by atoms with Gasteiger partial charge < -0.3 is 18.6 Å². The minimum Gasteiger partial charge on any atom is -0.472 e. The third-order valence-corrected chi connectivity index (χ3v) is 8.43. The molecule has 0 N–H and O–H groups in total. The van der Waals surface area contributed by atoms with Crippen molar-refractivity contribution in [1.82, 2.24) is 0 Å². The largest absolute Gasteiger partial charge is 0.472 e. The lowest BCUT2D eigenvalue weighted by Crippen LogP contribution is -2.66. The number of Topliss-reactive ketones (excluding diaryl/α,β-unsaturated/α-hetero) is 1. The molecule has 1 saturated heterocycles. The van der Waals surface area contributed by atoms with Gasteiger partial charge in [-0.05, 0) is 42.6 Å². The van der Waals surface area contributed by atoms with Crippen molar-refractivity contribution >= 4 is 17.7 Å². The van der Waals surface area contributed by atoms with Crippen molar-refractivity contribution in [3.8, 4) is 0 Å². The number of methoxy groups -OCH3 is 2. The van der Waals surface area contributed by atoms with E-state index >= 15 is 0 Å². The van der Waals surface area contributed by atoms with Crippen LogP contribution < -0.4 is 0 Å². The van der Waals surface area contributed by atoms with Crippen LogP contribution in [-0.2, 0) is 28.6 Å². The number of carbonyl (C=O) groups is 3. The Morgan fingerprint density at radius 3 is 2.52 bits per heavy atom. The van der Waals surface area contributed by atoms with Crippen molar-refractivity contribution in [3.63, 3.8) is 0 Å². The van der Waals surface area contributed by atoms with E-state index in [2.05, 4.69) is 0 Å². The van der Waals surface area contributed by atoms with Crippen molar-refractivity contribution in [2.24, 2.45) is 34.0 Å². The standard InChI is InChI=1S/C24H32O7/c1-22(13-28-4)10-16(20(26)29-5)23(2)8-6-15-21(27)31-17(14-7-9-30-12-14)11-24(15,3)18(23)19(22)25/h7,9,12,15-18H,6,8,10-11,13H2,1-5H3/t15-,16-,17-,18-,22+,23-,24-/m0/s1. The van der Waals surface area contributed by atoms with Gasteiger partial charge in [-0.1, -0.05) is 20.8 Å². The molecule has 7 atom stereocenters. The minimum atomic E-state index is -0.824. The van der Waals surface area contributed by atoms with Gasteiger partial charge in [-0.3, -0.25) is 14.4 Å². The second-order valence-electron chi connectivity index (χ2n) is 10.4. The quantitative estimate of drug-likeness (QED) is 0.670. The zero-order chi connectivity index (χ0) is 22.6. The normalized spacial score (nSPS) is 42.4. The summed E-state index contributed by atoms with van der Waals surface area (Å²) < 4.78 is 21.6. The van der Waals surface area contributed by atoms with E-state index in [0.29, 0.717) is 25.7 Å². The van der Waals surface area contributed by atoms with Crippen molar-refractivity contribution in [3.05, 3.63) is 24.2 Å². The highest BCUT2D eigenvalue weighted by molar-refractivity contribution is 5.93. The molecule has 1 aromatic rings. The van der Waals surface area contributed by atoms with Crippen LogP contribution in [-0.4, -0.2) is 38.5 Å². The fourth-order valence-electron chi connectivity index (χ4n) is 6.89. The smallest absolute Gasteiger partial charge is 0.310 e. The van der Waals surface area contributed by atoms with E-state index < -0.39 is 34.2 Å². The predicted octanol–water partition coefficient (Wildman–Crippen LogP) is 3.72. The van der Waals surface area contributed by atoms with Crippen molar-refractivity contribution in [2.45, 2.75) is 52.6 Å². The molecule has 2 heterocycles. The molecule has 31 heavy (non-hydrogen) atoms. The molecule has 7 heteroatoms. The average molecular weight is 433 g/mol. The van der Waals surface area contributed by atoms with Crippen LogP contribution in [0.2, 0.25) is 0 Å². The number of ether oxygens (including phenoxy) is 3. The molecule has 170 valence electrons. The first-order valence-electron chi connectivity index (χ1n) is 10.9. The maximum Gasteiger partial charge on any atom is 0.310 e. The number of esters is 2. The fraction of sp³-hybridized carbons (Fsp3) is 0.708. The molecule has 0 radical (unpaired) electrons. The van der Waals surface area contributed by atoms with Gasteiger partial charge in [0.15, 0.2) is 0 Å². The van der Waals surface area contributed by atoms with Crippen molar-refractivity contribution in [1.29, 1.82) is 0 Å². The lowest BCUT2D eigenvalue weighted by molar-refractivity contribution is -0.210. The van der Waals surface area contributed by atoms with Gasteiger partial charge in [0.25, 0.3) is 0 Å². The van der Waals surface area contributed by atoms with Gasteiger partial charge in [0, 0.05) is 18.6 Å². The van der Waals surface area contributed by atoms with Crippen LogP contribution in [0.3, 0.4) is 0 Å². The Morgan fingerprint density at radius 1 is 1.16 bits per heavy atom. The van der Waals surface area contributed by atoms with Crippen LogP contribution in [0.15, 0.2) is 23.0 Å². The van der Waals surface area contributed by atoms with Crippen LogP contribution in [0.5, 0.6) is 0 Å². The van der Waals surface area contributed by atoms with E-state index in [4.69, 9.17) is 18.6 Å². The highest BCUT2D eigenvalue weighted by atomic mass is 16.5. The van der Waals surface area contributed by atoms with E-state index in [0.717, 1.165) is 5.56 Å². The van der Waals surface area contributed by atoms with Crippen LogP contribution in [0.25, 0.3) is 0 Å². The second kappa shape index (κ2) is 7.47. The first-order valence-corrected chi connectivity index (χ1v) is 10.9. The van der Waals surface area contributed by atoms with Gasteiger partial charge in [-0.15, -0.1) is 0 Å². The molecule has 1 aromatic heterocycles. The number of furan rings is 1. The van der Waals surface area contributed by atoms with Gasteiger partial charge in [-0.2, -0.15) is 0 Å². The van der Waals surface area contributed by atoms with E-state index in [1.165, 1.54) is 7.11 Å². The van der Waals surface area contributed by atoms with Crippen molar-refractivity contribution < 1.29 is 33.0 Å². The Kier molecular flexibility index (Phi) is 5.31. The SMILES string of the molecule is COC[C@@]1(C)C[C@@H](C(=O)OC)[C@]2(C)CC[C@H]3C(=O)O[C@H](c4ccoc4)C[C@]3(C)[C@H]2C1=O. The van der Waals surface area contributed by atoms with E-state index in [-0.39, 0.29) is 30.2 Å². The summed E-state index contributed by atoms with van der Waals surface area (Å²) in [7, 11) is 2.96. The maximum atomic E-state index is 14.1. The molecule has 1 aliphatic heterocycles. The number of carbonyl (C=O) groups excluding carboxylic acids is 3. The highest BCUT2D eigenvalue weighted by Crippen LogP contribution is 2.67. The first kappa shape index (κ1) is 22.1. The molecular formula is C24H32O7. The molecule has 0 bridgehead atoms. The molecule has 0 unspecified atom stereocenters. The van der Waals surface area contributed by atoms with Gasteiger partial charge in [0.05, 0.1) is 43.5 Å². The zero-order valence-corrected chi connectivity index (χ0v) is 18.9. The van der Waals surface area contributed by atoms with Crippen LogP contribution >= 0.6 is 0 Å². The summed E-state index contributed by atoms with van der Waals surface area (Å²) in [6, 6.07) is 1.79. The maximum absolute atomic E-state index is 14.1. The minimum absolute atomic E-state index is 0.0739. The Bertz CT molecular complexity index is 876.